The van der Waals surface area contributed by atoms with E-state index in [9.17, 15) is 24.5 Å². The summed E-state index contributed by atoms with van der Waals surface area (Å²) in [5.74, 6) is -1.28. The molecule has 0 aromatic heterocycles. The molecule has 160 valence electrons. The Balaban J connectivity index is 1.69. The second-order valence-electron chi connectivity index (χ2n) is 7.83. The second kappa shape index (κ2) is 7.50. The molecule has 2 aliphatic heterocycles. The molecule has 2 aromatic rings. The van der Waals surface area contributed by atoms with Gasteiger partial charge >= 0.3 is 5.97 Å². The number of amides is 2. The molecule has 9 nitrogen and oxygen atoms in total. The van der Waals surface area contributed by atoms with Crippen LogP contribution < -0.4 is 4.90 Å². The van der Waals surface area contributed by atoms with Gasteiger partial charge in [0.25, 0.3) is 11.6 Å². The number of non-ortho nitro benzene ring substituents is 1. The summed E-state index contributed by atoms with van der Waals surface area (Å²) in [5.41, 5.74) is -0.298. The van der Waals surface area contributed by atoms with Crippen molar-refractivity contribution in [1.29, 1.82) is 0 Å². The van der Waals surface area contributed by atoms with Crippen LogP contribution in [0.2, 0.25) is 0 Å². The molecule has 2 aromatic carbocycles. The van der Waals surface area contributed by atoms with Crippen molar-refractivity contribution >= 4 is 29.2 Å². The third-order valence-electron chi connectivity index (χ3n) is 5.66. The van der Waals surface area contributed by atoms with Crippen LogP contribution in [-0.2, 0) is 20.9 Å². The summed E-state index contributed by atoms with van der Waals surface area (Å²) >= 11 is 0. The van der Waals surface area contributed by atoms with Crippen molar-refractivity contribution in [2.75, 3.05) is 4.90 Å². The maximum Gasteiger partial charge on any atom is 0.354 e. The van der Waals surface area contributed by atoms with E-state index in [0.717, 1.165) is 0 Å². The fraction of sp³-hybridized carbons (Fsp3) is 0.318. The predicted octanol–water partition coefficient (Wildman–Crippen LogP) is 3.03. The summed E-state index contributed by atoms with van der Waals surface area (Å²) in [4.78, 5) is 52.7. The van der Waals surface area contributed by atoms with Crippen LogP contribution in [-0.4, -0.2) is 39.3 Å². The van der Waals surface area contributed by atoms with E-state index < -0.39 is 16.6 Å². The van der Waals surface area contributed by atoms with Crippen LogP contribution in [0.5, 0.6) is 0 Å². The smallest absolute Gasteiger partial charge is 0.354 e. The van der Waals surface area contributed by atoms with Gasteiger partial charge in [-0.05, 0) is 43.7 Å². The molecule has 2 heterocycles. The number of carbonyl (C=O) groups is 3. The highest BCUT2D eigenvalue weighted by Crippen LogP contribution is 2.46. The minimum Gasteiger partial charge on any atom is -0.458 e. The van der Waals surface area contributed by atoms with Gasteiger partial charge in [0.1, 0.15) is 6.61 Å². The van der Waals surface area contributed by atoms with Gasteiger partial charge in [-0.3, -0.25) is 24.6 Å². The fourth-order valence-electron chi connectivity index (χ4n) is 4.35. The van der Waals surface area contributed by atoms with Crippen molar-refractivity contribution in [2.24, 2.45) is 0 Å². The zero-order valence-corrected chi connectivity index (χ0v) is 17.1. The molecule has 1 atom stereocenters. The van der Waals surface area contributed by atoms with Crippen molar-refractivity contribution in [1.82, 2.24) is 4.90 Å². The van der Waals surface area contributed by atoms with E-state index in [-0.39, 0.29) is 43.0 Å². The zero-order chi connectivity index (χ0) is 22.3. The number of benzene rings is 2. The molecule has 4 rings (SSSR count). The molecule has 0 aliphatic carbocycles. The predicted molar refractivity (Wildman–Crippen MR) is 110 cm³/mol. The highest BCUT2D eigenvalue weighted by atomic mass is 16.6. The molecule has 1 saturated heterocycles. The number of hydrogen-bond acceptors (Lipinski definition) is 6. The van der Waals surface area contributed by atoms with Crippen LogP contribution >= 0.6 is 0 Å². The topological polar surface area (TPSA) is 110 Å². The fourth-order valence-corrected chi connectivity index (χ4v) is 4.35. The van der Waals surface area contributed by atoms with E-state index >= 15 is 0 Å². The van der Waals surface area contributed by atoms with E-state index in [1.165, 1.54) is 34.1 Å². The number of nitro benzene ring substituents is 1. The van der Waals surface area contributed by atoms with E-state index in [1.54, 1.807) is 38.1 Å². The monoisotopic (exact) mass is 423 g/mol. The molecule has 0 N–H and O–H groups in total. The van der Waals surface area contributed by atoms with E-state index in [4.69, 9.17) is 4.74 Å². The Labute approximate surface area is 178 Å². The first kappa shape index (κ1) is 20.5. The Morgan fingerprint density at radius 3 is 2.48 bits per heavy atom. The number of ether oxygens (including phenoxy) is 1. The molecule has 1 fully saturated rings. The third-order valence-corrected chi connectivity index (χ3v) is 5.66. The Bertz CT molecular complexity index is 1080. The van der Waals surface area contributed by atoms with Crippen molar-refractivity contribution < 1.29 is 24.0 Å². The van der Waals surface area contributed by atoms with Gasteiger partial charge < -0.3 is 9.64 Å². The Morgan fingerprint density at radius 2 is 1.84 bits per heavy atom. The van der Waals surface area contributed by atoms with Gasteiger partial charge in [-0.25, -0.2) is 4.79 Å². The lowest BCUT2D eigenvalue weighted by Gasteiger charge is -2.50. The number of fused-ring (bicyclic) bond motifs is 3. The maximum absolute atomic E-state index is 13.4. The normalized spacial score (nSPS) is 20.0. The van der Waals surface area contributed by atoms with Crippen molar-refractivity contribution in [3.8, 4) is 0 Å². The van der Waals surface area contributed by atoms with Crippen LogP contribution in [0.1, 0.15) is 42.6 Å². The largest absolute Gasteiger partial charge is 0.458 e. The summed E-state index contributed by atoms with van der Waals surface area (Å²) in [6.07, 6.45) is 0.237. The molecule has 9 heteroatoms. The standard InChI is InChI=1S/C22H21N3O6/c1-14(2)23-20(27)17-5-3-4-6-18(17)24-19(26)11-12-22(23,24)21(28)31-13-15-7-9-16(10-8-15)25(29)30/h3-10,14H,11-13H2,1-2H3. The summed E-state index contributed by atoms with van der Waals surface area (Å²) in [7, 11) is 0. The third kappa shape index (κ3) is 3.13. The highest BCUT2D eigenvalue weighted by molar-refractivity contribution is 6.15. The molecule has 0 spiro atoms. The van der Waals surface area contributed by atoms with E-state index in [1.807, 2.05) is 0 Å². The SMILES string of the molecule is CC(C)N1C(=O)c2ccccc2N2C(=O)CCC21C(=O)OCc1ccc([N+](=O)[O-])cc1. The number of esters is 1. The number of carbonyl (C=O) groups excluding carboxylic acids is 3. The molecule has 2 aliphatic rings. The quantitative estimate of drug-likeness (QED) is 0.415. The molecule has 0 bridgehead atoms. The Hall–Kier alpha value is -3.75. The summed E-state index contributed by atoms with van der Waals surface area (Å²) in [6, 6.07) is 12.0. The summed E-state index contributed by atoms with van der Waals surface area (Å²) in [6.45, 7) is 3.44. The molecular weight excluding hydrogens is 402 g/mol. The second-order valence-corrected chi connectivity index (χ2v) is 7.83. The molecule has 0 radical (unpaired) electrons. The number of anilines is 1. The first-order valence-electron chi connectivity index (χ1n) is 9.93. The molecular formula is C22H21N3O6. The average molecular weight is 423 g/mol. The van der Waals surface area contributed by atoms with Crippen molar-refractivity contribution in [2.45, 2.75) is 45.0 Å². The number of hydrogen-bond donors (Lipinski definition) is 0. The zero-order valence-electron chi connectivity index (χ0n) is 17.1. The van der Waals surface area contributed by atoms with Gasteiger partial charge in [-0.15, -0.1) is 0 Å². The molecule has 31 heavy (non-hydrogen) atoms. The van der Waals surface area contributed by atoms with Gasteiger partial charge in [0.05, 0.1) is 16.2 Å². The molecule has 1 unspecified atom stereocenters. The summed E-state index contributed by atoms with van der Waals surface area (Å²) in [5, 5.41) is 10.8. The van der Waals surface area contributed by atoms with Gasteiger partial charge in [0.2, 0.25) is 11.6 Å². The average Bonchev–Trinajstić information content (AvgIpc) is 3.10. The van der Waals surface area contributed by atoms with Crippen LogP contribution in [0.25, 0.3) is 0 Å². The maximum atomic E-state index is 13.4. The van der Waals surface area contributed by atoms with Crippen molar-refractivity contribution in [3.63, 3.8) is 0 Å². The van der Waals surface area contributed by atoms with Crippen LogP contribution in [0, 0.1) is 10.1 Å². The lowest BCUT2D eigenvalue weighted by Crippen LogP contribution is -2.70. The van der Waals surface area contributed by atoms with Crippen LogP contribution in [0.4, 0.5) is 11.4 Å². The number of nitrogens with zero attached hydrogens (tertiary/aromatic N) is 3. The molecule has 2 amide bonds. The van der Waals surface area contributed by atoms with Gasteiger partial charge in [-0.1, -0.05) is 12.1 Å². The van der Waals surface area contributed by atoms with Gasteiger partial charge in [-0.2, -0.15) is 0 Å². The van der Waals surface area contributed by atoms with Crippen molar-refractivity contribution in [3.05, 3.63) is 69.8 Å². The summed E-state index contributed by atoms with van der Waals surface area (Å²) < 4.78 is 5.57. The lowest BCUT2D eigenvalue weighted by molar-refractivity contribution is -0.384. The van der Waals surface area contributed by atoms with Crippen LogP contribution in [0.3, 0.4) is 0 Å². The molecule has 0 saturated carbocycles. The number of rotatable bonds is 5. The van der Waals surface area contributed by atoms with E-state index in [0.29, 0.717) is 16.8 Å². The first-order valence-corrected chi connectivity index (χ1v) is 9.93. The Morgan fingerprint density at radius 1 is 1.16 bits per heavy atom. The highest BCUT2D eigenvalue weighted by Gasteiger charge is 2.62. The van der Waals surface area contributed by atoms with Gasteiger partial charge in [0, 0.05) is 31.0 Å². The van der Waals surface area contributed by atoms with Crippen LogP contribution in [0.15, 0.2) is 48.5 Å². The number of para-hydroxylation sites is 1. The minimum atomic E-state index is -1.56. The first-order chi connectivity index (χ1) is 14.8. The van der Waals surface area contributed by atoms with E-state index in [2.05, 4.69) is 0 Å². The lowest BCUT2D eigenvalue weighted by atomic mass is 9.95. The Kier molecular flexibility index (Phi) is 4.96. The minimum absolute atomic E-state index is 0.0679. The number of nitro groups is 1. The van der Waals surface area contributed by atoms with Gasteiger partial charge in [0.15, 0.2) is 0 Å².